The van der Waals surface area contributed by atoms with E-state index >= 15 is 0 Å². The van der Waals surface area contributed by atoms with Crippen LogP contribution in [0.5, 0.6) is 0 Å². The van der Waals surface area contributed by atoms with E-state index in [9.17, 15) is 0 Å². The first-order valence-corrected chi connectivity index (χ1v) is 4.14. The van der Waals surface area contributed by atoms with Crippen LogP contribution in [-0.2, 0) is 26.2 Å². The second-order valence-corrected chi connectivity index (χ2v) is 2.01. The van der Waals surface area contributed by atoms with E-state index < -0.39 is 0 Å². The summed E-state index contributed by atoms with van der Waals surface area (Å²) >= 11 is 0. The van der Waals surface area contributed by atoms with Crippen molar-refractivity contribution in [2.24, 2.45) is 0 Å². The van der Waals surface area contributed by atoms with E-state index in [0.717, 1.165) is 12.8 Å². The van der Waals surface area contributed by atoms with Gasteiger partial charge >= 0.3 is 26.2 Å². The summed E-state index contributed by atoms with van der Waals surface area (Å²) in [5.41, 5.74) is 0. The van der Waals surface area contributed by atoms with Gasteiger partial charge in [0.05, 0.1) is 0 Å². The first-order valence-electron chi connectivity index (χ1n) is 4.14. The van der Waals surface area contributed by atoms with Gasteiger partial charge in [0.1, 0.15) is 0 Å². The summed E-state index contributed by atoms with van der Waals surface area (Å²) in [6.07, 6.45) is 20.0. The number of allylic oxidation sites excluding steroid dienone is 8. The first-order chi connectivity index (χ1) is 6.00. The van der Waals surface area contributed by atoms with Crippen LogP contribution in [-0.4, -0.2) is 0 Å². The molecule has 2 rings (SSSR count). The third-order valence-electron chi connectivity index (χ3n) is 1.17. The van der Waals surface area contributed by atoms with Crippen molar-refractivity contribution in [3.63, 3.8) is 0 Å². The molecule has 0 aliphatic heterocycles. The van der Waals surface area contributed by atoms with Crippen LogP contribution in [0, 0.1) is 19.1 Å². The number of hydrogen-bond donors (Lipinski definition) is 0. The molecule has 0 aromatic carbocycles. The van der Waals surface area contributed by atoms with Crippen molar-refractivity contribution in [3.8, 4) is 0 Å². The van der Waals surface area contributed by atoms with Crippen LogP contribution in [0.25, 0.3) is 0 Å². The molecule has 2 aliphatic carbocycles. The van der Waals surface area contributed by atoms with E-state index in [2.05, 4.69) is 31.2 Å². The molecule has 0 heterocycles. The molecule has 0 unspecified atom stereocenters. The molecular weight excluding hydrogens is 235 g/mol. The van der Waals surface area contributed by atoms with Crippen molar-refractivity contribution in [3.05, 3.63) is 55.5 Å². The summed E-state index contributed by atoms with van der Waals surface area (Å²) in [5, 5.41) is 0. The smallest absolute Gasteiger partial charge is 1.00 e. The molecule has 2 aliphatic rings. The molecular formula is C12H17Zr-3. The summed E-state index contributed by atoms with van der Waals surface area (Å²) in [5.74, 6) is 0. The van der Waals surface area contributed by atoms with Crippen molar-refractivity contribution in [2.75, 3.05) is 0 Å². The van der Waals surface area contributed by atoms with Crippen molar-refractivity contribution in [1.82, 2.24) is 0 Å². The van der Waals surface area contributed by atoms with Crippen LogP contribution in [0.4, 0.5) is 0 Å². The Kier molecular flexibility index (Phi) is 16.9. The molecule has 13 heavy (non-hydrogen) atoms. The maximum absolute atomic E-state index is 3.25. The van der Waals surface area contributed by atoms with Gasteiger partial charge in [-0.15, -0.1) is 12.8 Å². The molecule has 0 fully saturated rings. The maximum atomic E-state index is 3.25. The summed E-state index contributed by atoms with van der Waals surface area (Å²) < 4.78 is 0. The van der Waals surface area contributed by atoms with E-state index in [1.165, 1.54) is 0 Å². The minimum atomic E-state index is 0. The van der Waals surface area contributed by atoms with Crippen molar-refractivity contribution in [1.29, 1.82) is 0 Å². The summed E-state index contributed by atoms with van der Waals surface area (Å²) in [4.78, 5) is 0. The molecule has 0 atom stereocenters. The zero-order valence-corrected chi connectivity index (χ0v) is 10.5. The zero-order chi connectivity index (χ0) is 9.07. The Labute approximate surface area is 104 Å². The van der Waals surface area contributed by atoms with Gasteiger partial charge in [-0.25, -0.2) is 24.3 Å². The molecule has 0 amide bonds. The molecule has 0 radical (unpaired) electrons. The molecule has 0 nitrogen and oxygen atoms in total. The fourth-order valence-corrected chi connectivity index (χ4v) is 0.680. The maximum Gasteiger partial charge on any atom is 2.00 e. The first kappa shape index (κ1) is 15.3. The van der Waals surface area contributed by atoms with Gasteiger partial charge in [0, 0.05) is 0 Å². The summed E-state index contributed by atoms with van der Waals surface area (Å²) in [7, 11) is 0. The average Bonchev–Trinajstić information content (AvgIpc) is 2.87. The fraction of sp³-hybridized carbons (Fsp3) is 0.250. The molecule has 0 spiro atoms. The van der Waals surface area contributed by atoms with Gasteiger partial charge < -0.3 is 9.78 Å². The topological polar surface area (TPSA) is 0 Å². The summed E-state index contributed by atoms with van der Waals surface area (Å²) in [6.45, 7) is 5.00. The standard InChI is InChI=1S/2C5H5.C2H5.Zr.2H/c2*1-2-4-5-3-1;1-2;;;/h2*1-3H,4H2;1H2,2H3;;;/q3*-1;+2;2*-1. The minimum Gasteiger partial charge on any atom is -1.00 e. The van der Waals surface area contributed by atoms with Crippen LogP contribution >= 0.6 is 0 Å². The Hall–Kier alpha value is -0.157. The number of rotatable bonds is 0. The van der Waals surface area contributed by atoms with Crippen LogP contribution in [0.1, 0.15) is 22.6 Å². The van der Waals surface area contributed by atoms with E-state index in [-0.39, 0.29) is 29.1 Å². The van der Waals surface area contributed by atoms with Gasteiger partial charge in [0.25, 0.3) is 0 Å². The van der Waals surface area contributed by atoms with Gasteiger partial charge in [-0.3, -0.25) is 12.2 Å². The Morgan fingerprint density at radius 3 is 1.46 bits per heavy atom. The van der Waals surface area contributed by atoms with Crippen LogP contribution < -0.4 is 0 Å². The monoisotopic (exact) mass is 251 g/mol. The predicted molar refractivity (Wildman–Crippen MR) is 56.4 cm³/mol. The molecule has 72 valence electrons. The SMILES string of the molecule is [C-]1=CC=CC1.[C-]1=CC=CC1.[CH2-]C.[H-].[H-].[Zr+2]. The molecule has 0 saturated carbocycles. The second kappa shape index (κ2) is 14.4. The van der Waals surface area contributed by atoms with Gasteiger partial charge in [0.15, 0.2) is 0 Å². The van der Waals surface area contributed by atoms with E-state index in [1.54, 1.807) is 6.92 Å². The molecule has 0 aromatic rings. The average molecular weight is 252 g/mol. The van der Waals surface area contributed by atoms with Gasteiger partial charge in [0.2, 0.25) is 0 Å². The normalized spacial score (nSPS) is 14.0. The van der Waals surface area contributed by atoms with E-state index in [0.29, 0.717) is 0 Å². The number of hydrogen-bond acceptors (Lipinski definition) is 0. The van der Waals surface area contributed by atoms with Crippen molar-refractivity contribution in [2.45, 2.75) is 19.8 Å². The van der Waals surface area contributed by atoms with Gasteiger partial charge in [-0.2, -0.15) is 19.1 Å². The zero-order valence-electron chi connectivity index (χ0n) is 10.1. The minimum absolute atomic E-state index is 0. The second-order valence-electron chi connectivity index (χ2n) is 2.01. The fourth-order valence-electron chi connectivity index (χ4n) is 0.680. The van der Waals surface area contributed by atoms with Crippen molar-refractivity contribution >= 4 is 0 Å². The third-order valence-corrected chi connectivity index (χ3v) is 1.17. The van der Waals surface area contributed by atoms with E-state index in [4.69, 9.17) is 0 Å². The Balaban J connectivity index is -0.0000000592. The predicted octanol–water partition coefficient (Wildman–Crippen LogP) is 3.67. The molecule has 0 saturated heterocycles. The Bertz CT molecular complexity index is 152. The Morgan fingerprint density at radius 1 is 1.00 bits per heavy atom. The van der Waals surface area contributed by atoms with E-state index in [1.807, 2.05) is 24.3 Å². The molecule has 1 heteroatoms. The van der Waals surface area contributed by atoms with Crippen molar-refractivity contribution < 1.29 is 29.1 Å². The Morgan fingerprint density at radius 2 is 1.38 bits per heavy atom. The summed E-state index contributed by atoms with van der Waals surface area (Å²) in [6, 6.07) is 0. The van der Waals surface area contributed by atoms with Gasteiger partial charge in [-0.1, -0.05) is 0 Å². The third kappa shape index (κ3) is 11.8. The van der Waals surface area contributed by atoms with Crippen LogP contribution in [0.15, 0.2) is 36.5 Å². The van der Waals surface area contributed by atoms with Crippen LogP contribution in [0.3, 0.4) is 0 Å². The van der Waals surface area contributed by atoms with Gasteiger partial charge in [-0.05, 0) is 0 Å². The van der Waals surface area contributed by atoms with Crippen LogP contribution in [0.2, 0.25) is 0 Å². The molecule has 0 aromatic heterocycles. The largest absolute Gasteiger partial charge is 2.00 e. The molecule has 0 bridgehead atoms. The molecule has 0 N–H and O–H groups in total. The quantitative estimate of drug-likeness (QED) is 0.577.